The van der Waals surface area contributed by atoms with E-state index < -0.39 is 16.0 Å². The van der Waals surface area contributed by atoms with Crippen molar-refractivity contribution in [3.05, 3.63) is 35.4 Å². The van der Waals surface area contributed by atoms with Crippen LogP contribution < -0.4 is 0 Å². The smallest absolute Gasteiger partial charge is 0.313 e. The van der Waals surface area contributed by atoms with Gasteiger partial charge < -0.3 is 10.2 Å². The quantitative estimate of drug-likeness (QED) is 0.754. The molecule has 104 valence electrons. The zero-order valence-electron chi connectivity index (χ0n) is 10.8. The molecule has 0 spiro atoms. The first-order valence-electron chi connectivity index (χ1n) is 5.62. The van der Waals surface area contributed by atoms with Crippen LogP contribution >= 0.6 is 23.5 Å². The molecule has 1 aromatic rings. The molecule has 0 heterocycles. The van der Waals surface area contributed by atoms with Gasteiger partial charge in [-0.25, -0.2) is 0 Å². The second kappa shape index (κ2) is 6.86. The van der Waals surface area contributed by atoms with E-state index in [1.807, 2.05) is 38.1 Å². The van der Waals surface area contributed by atoms with E-state index >= 15 is 0 Å². The first kappa shape index (κ1) is 15.9. The number of hydrogen-bond donors (Lipinski definition) is 2. The van der Waals surface area contributed by atoms with Gasteiger partial charge in [-0.2, -0.15) is 0 Å². The summed E-state index contributed by atoms with van der Waals surface area (Å²) < 4.78 is -0.579. The second-order valence-electron chi connectivity index (χ2n) is 4.18. The van der Waals surface area contributed by atoms with Gasteiger partial charge in [-0.05, 0) is 19.4 Å². The molecule has 0 aliphatic heterocycles. The Bertz CT molecular complexity index is 438. The van der Waals surface area contributed by atoms with E-state index in [2.05, 4.69) is 0 Å². The van der Waals surface area contributed by atoms with Crippen LogP contribution in [0.3, 0.4) is 0 Å². The molecule has 4 nitrogen and oxygen atoms in total. The number of aryl methyl sites for hydroxylation is 1. The summed E-state index contributed by atoms with van der Waals surface area (Å²) in [4.78, 5) is 21.4. The van der Waals surface area contributed by atoms with Crippen LogP contribution in [0.1, 0.15) is 18.1 Å². The van der Waals surface area contributed by atoms with Gasteiger partial charge in [0, 0.05) is 0 Å². The Balaban J connectivity index is 2.92. The number of rotatable bonds is 7. The highest BCUT2D eigenvalue weighted by Gasteiger charge is 2.29. The van der Waals surface area contributed by atoms with Gasteiger partial charge in [-0.1, -0.05) is 29.8 Å². The molecule has 6 heteroatoms. The first-order valence-corrected chi connectivity index (χ1v) is 7.59. The van der Waals surface area contributed by atoms with Crippen LogP contribution in [-0.4, -0.2) is 33.7 Å². The van der Waals surface area contributed by atoms with E-state index in [4.69, 9.17) is 10.2 Å². The summed E-state index contributed by atoms with van der Waals surface area (Å²) >= 11 is 2.47. The van der Waals surface area contributed by atoms with E-state index in [9.17, 15) is 9.59 Å². The van der Waals surface area contributed by atoms with Crippen LogP contribution in [0.15, 0.2) is 24.3 Å². The molecular formula is C13H16O4S2. The van der Waals surface area contributed by atoms with Crippen LogP contribution in [0.2, 0.25) is 0 Å². The lowest BCUT2D eigenvalue weighted by Gasteiger charge is -2.28. The van der Waals surface area contributed by atoms with Gasteiger partial charge in [0.15, 0.2) is 0 Å². The van der Waals surface area contributed by atoms with Gasteiger partial charge in [-0.15, -0.1) is 23.5 Å². The number of carboxylic acid groups (broad SMARTS) is 2. The fraction of sp³-hybridized carbons (Fsp3) is 0.385. The Morgan fingerprint density at radius 2 is 1.47 bits per heavy atom. The van der Waals surface area contributed by atoms with E-state index in [1.54, 1.807) is 0 Å². The van der Waals surface area contributed by atoms with Crippen molar-refractivity contribution in [3.63, 3.8) is 0 Å². The molecular weight excluding hydrogens is 284 g/mol. The minimum Gasteiger partial charge on any atom is -0.481 e. The van der Waals surface area contributed by atoms with Crippen molar-refractivity contribution in [2.24, 2.45) is 0 Å². The molecule has 1 aromatic carbocycles. The van der Waals surface area contributed by atoms with Crippen molar-refractivity contribution in [3.8, 4) is 0 Å². The van der Waals surface area contributed by atoms with Crippen LogP contribution in [0, 0.1) is 6.92 Å². The number of benzene rings is 1. The predicted molar refractivity (Wildman–Crippen MR) is 78.7 cm³/mol. The summed E-state index contributed by atoms with van der Waals surface area (Å²) in [5.41, 5.74) is 2.04. The van der Waals surface area contributed by atoms with Crippen molar-refractivity contribution in [1.29, 1.82) is 0 Å². The highest BCUT2D eigenvalue weighted by molar-refractivity contribution is 8.18. The van der Waals surface area contributed by atoms with Crippen molar-refractivity contribution >= 4 is 35.5 Å². The average Bonchev–Trinajstić information content (AvgIpc) is 2.35. The number of thioether (sulfide) groups is 2. The standard InChI is InChI=1S/C13H16O4S2/c1-9-3-5-10(6-4-9)13(2,18-7-11(14)15)19-8-12(16)17/h3-6H,7-8H2,1-2H3,(H,14,15)(H,16,17). The SMILES string of the molecule is Cc1ccc(C(C)(SCC(=O)O)SCC(=O)O)cc1. The topological polar surface area (TPSA) is 74.6 Å². The van der Waals surface area contributed by atoms with Crippen molar-refractivity contribution in [2.75, 3.05) is 11.5 Å². The maximum atomic E-state index is 10.7. The van der Waals surface area contributed by atoms with Gasteiger partial charge in [0.05, 0.1) is 15.6 Å². The van der Waals surface area contributed by atoms with Crippen LogP contribution in [0.5, 0.6) is 0 Å². The Morgan fingerprint density at radius 3 is 1.84 bits per heavy atom. The zero-order valence-corrected chi connectivity index (χ0v) is 12.4. The molecule has 19 heavy (non-hydrogen) atoms. The van der Waals surface area contributed by atoms with Gasteiger partial charge in [0.25, 0.3) is 0 Å². The highest BCUT2D eigenvalue weighted by Crippen LogP contribution is 2.46. The van der Waals surface area contributed by atoms with Crippen LogP contribution in [0.4, 0.5) is 0 Å². The number of carboxylic acids is 2. The molecule has 2 N–H and O–H groups in total. The van der Waals surface area contributed by atoms with Crippen LogP contribution in [0.25, 0.3) is 0 Å². The summed E-state index contributed by atoms with van der Waals surface area (Å²) in [6, 6.07) is 7.71. The minimum atomic E-state index is -0.903. The molecule has 0 aromatic heterocycles. The fourth-order valence-electron chi connectivity index (χ4n) is 1.46. The maximum Gasteiger partial charge on any atom is 0.313 e. The Kier molecular flexibility index (Phi) is 5.75. The molecule has 0 bridgehead atoms. The number of aliphatic carboxylic acids is 2. The lowest BCUT2D eigenvalue weighted by atomic mass is 10.1. The van der Waals surface area contributed by atoms with Gasteiger partial charge in [0.2, 0.25) is 0 Å². The Hall–Kier alpha value is -1.14. The summed E-state index contributed by atoms with van der Waals surface area (Å²) in [6.07, 6.45) is 0. The molecule has 0 aliphatic rings. The fourth-order valence-corrected chi connectivity index (χ4v) is 3.55. The first-order chi connectivity index (χ1) is 8.83. The normalized spacial score (nSPS) is 11.3. The third kappa shape index (κ3) is 5.16. The molecule has 0 radical (unpaired) electrons. The third-order valence-electron chi connectivity index (χ3n) is 2.52. The molecule has 0 unspecified atom stereocenters. The molecule has 0 saturated heterocycles. The van der Waals surface area contributed by atoms with Crippen molar-refractivity contribution in [1.82, 2.24) is 0 Å². The molecule has 0 atom stereocenters. The molecule has 0 amide bonds. The zero-order chi connectivity index (χ0) is 14.5. The maximum absolute atomic E-state index is 10.7. The minimum absolute atomic E-state index is 0.0585. The molecule has 0 saturated carbocycles. The molecule has 0 fully saturated rings. The summed E-state index contributed by atoms with van der Waals surface area (Å²) in [6.45, 7) is 3.83. The average molecular weight is 300 g/mol. The van der Waals surface area contributed by atoms with Crippen LogP contribution in [-0.2, 0) is 13.7 Å². The highest BCUT2D eigenvalue weighted by atomic mass is 32.2. The van der Waals surface area contributed by atoms with Gasteiger partial charge in [-0.3, -0.25) is 9.59 Å². The Labute approximate surface area is 120 Å². The largest absolute Gasteiger partial charge is 0.481 e. The molecule has 0 aliphatic carbocycles. The van der Waals surface area contributed by atoms with E-state index in [1.165, 1.54) is 23.5 Å². The van der Waals surface area contributed by atoms with Crippen molar-refractivity contribution in [2.45, 2.75) is 17.9 Å². The third-order valence-corrected chi connectivity index (χ3v) is 5.58. The summed E-state index contributed by atoms with van der Waals surface area (Å²) in [5, 5.41) is 17.6. The predicted octanol–water partition coefficient (Wildman–Crippen LogP) is 2.80. The lowest BCUT2D eigenvalue weighted by molar-refractivity contribution is -0.134. The Morgan fingerprint density at radius 1 is 1.05 bits per heavy atom. The summed E-state index contributed by atoms with van der Waals surface area (Å²) in [5.74, 6) is -1.92. The van der Waals surface area contributed by atoms with E-state index in [-0.39, 0.29) is 11.5 Å². The number of hydrogen-bond acceptors (Lipinski definition) is 4. The van der Waals surface area contributed by atoms with E-state index in [0.29, 0.717) is 0 Å². The van der Waals surface area contributed by atoms with Gasteiger partial charge in [0.1, 0.15) is 0 Å². The van der Waals surface area contributed by atoms with Crippen molar-refractivity contribution < 1.29 is 19.8 Å². The second-order valence-corrected chi connectivity index (χ2v) is 7.22. The van der Waals surface area contributed by atoms with E-state index in [0.717, 1.165) is 11.1 Å². The lowest BCUT2D eigenvalue weighted by Crippen LogP contribution is -2.18. The number of carbonyl (C=O) groups is 2. The summed E-state index contributed by atoms with van der Waals surface area (Å²) in [7, 11) is 0. The monoisotopic (exact) mass is 300 g/mol. The molecule has 1 rings (SSSR count). The van der Waals surface area contributed by atoms with Gasteiger partial charge >= 0.3 is 11.9 Å².